The number of hydrogen-bond acceptors (Lipinski definition) is 4. The van der Waals surface area contributed by atoms with Crippen LogP contribution in [0.1, 0.15) is 0 Å². The maximum Gasteiger partial charge on any atom is 0.306 e. The Morgan fingerprint density at radius 2 is 1.60 bits per heavy atom. The Hall–Kier alpha value is -1.37. The molecule has 15 heavy (non-hydrogen) atoms. The van der Waals surface area contributed by atoms with E-state index in [1.165, 1.54) is 0 Å². The summed E-state index contributed by atoms with van der Waals surface area (Å²) >= 11 is 0. The van der Waals surface area contributed by atoms with Gasteiger partial charge in [-0.15, -0.1) is 0 Å². The summed E-state index contributed by atoms with van der Waals surface area (Å²) in [5.41, 5.74) is 0. The molecule has 0 spiro atoms. The van der Waals surface area contributed by atoms with E-state index in [0.29, 0.717) is 12.1 Å². The third kappa shape index (κ3) is 3.05. The number of hydrogen-bond donors (Lipinski definition) is 0. The van der Waals surface area contributed by atoms with Crippen LogP contribution in [0.15, 0.2) is 12.1 Å². The molecular formula is C8H8F2O4S. The van der Waals surface area contributed by atoms with Crippen LogP contribution in [-0.2, 0) is 10.1 Å². The van der Waals surface area contributed by atoms with Crippen LogP contribution in [0, 0.1) is 11.6 Å². The van der Waals surface area contributed by atoms with Gasteiger partial charge in [-0.1, -0.05) is 0 Å². The minimum Gasteiger partial charge on any atom is -0.494 e. The van der Waals surface area contributed by atoms with Gasteiger partial charge in [-0.2, -0.15) is 8.42 Å². The lowest BCUT2D eigenvalue weighted by Gasteiger charge is -2.06. The van der Waals surface area contributed by atoms with Crippen LogP contribution < -0.4 is 8.92 Å². The van der Waals surface area contributed by atoms with Crippen LogP contribution in [0.25, 0.3) is 0 Å². The monoisotopic (exact) mass is 238 g/mol. The van der Waals surface area contributed by atoms with Gasteiger partial charge in [0.1, 0.15) is 0 Å². The van der Waals surface area contributed by atoms with Crippen molar-refractivity contribution in [2.45, 2.75) is 0 Å². The molecule has 1 rings (SSSR count). The van der Waals surface area contributed by atoms with Crippen LogP contribution in [0.5, 0.6) is 11.5 Å². The molecule has 0 aliphatic carbocycles. The summed E-state index contributed by atoms with van der Waals surface area (Å²) in [5.74, 6) is -2.94. The van der Waals surface area contributed by atoms with Crippen molar-refractivity contribution >= 4 is 10.1 Å². The quantitative estimate of drug-likeness (QED) is 0.745. The molecule has 1 aromatic rings. The van der Waals surface area contributed by atoms with E-state index in [9.17, 15) is 17.2 Å². The molecule has 7 heteroatoms. The van der Waals surface area contributed by atoms with Gasteiger partial charge in [-0.05, 0) is 0 Å². The van der Waals surface area contributed by atoms with E-state index in [-0.39, 0.29) is 5.75 Å². The zero-order chi connectivity index (χ0) is 11.6. The standard InChI is InChI=1S/C8H8F2O4S/c1-13-7-3-6(10)8(4-5(7)9)14-15(2,11)12/h3-4H,1-2H3. The second-order valence-electron chi connectivity index (χ2n) is 2.70. The fraction of sp³-hybridized carbons (Fsp3) is 0.250. The van der Waals surface area contributed by atoms with Gasteiger partial charge in [-0.25, -0.2) is 8.78 Å². The van der Waals surface area contributed by atoms with Gasteiger partial charge in [0.25, 0.3) is 0 Å². The van der Waals surface area contributed by atoms with Gasteiger partial charge in [0.05, 0.1) is 13.4 Å². The Bertz CT molecular complexity index is 470. The van der Waals surface area contributed by atoms with Crippen molar-refractivity contribution in [2.75, 3.05) is 13.4 Å². The molecule has 0 atom stereocenters. The maximum atomic E-state index is 13.1. The Kier molecular flexibility index (Phi) is 3.13. The summed E-state index contributed by atoms with van der Waals surface area (Å²) < 4.78 is 56.2. The van der Waals surface area contributed by atoms with Crippen LogP contribution in [0.3, 0.4) is 0 Å². The lowest BCUT2D eigenvalue weighted by Crippen LogP contribution is -2.07. The number of benzene rings is 1. The van der Waals surface area contributed by atoms with Gasteiger partial charge in [0.15, 0.2) is 23.1 Å². The molecule has 0 radical (unpaired) electrons. The summed E-state index contributed by atoms with van der Waals surface area (Å²) in [6, 6.07) is 1.31. The topological polar surface area (TPSA) is 52.6 Å². The van der Waals surface area contributed by atoms with E-state index in [2.05, 4.69) is 8.92 Å². The van der Waals surface area contributed by atoms with Crippen LogP contribution in [-0.4, -0.2) is 21.8 Å². The molecule has 0 aliphatic rings. The molecule has 0 saturated heterocycles. The number of ether oxygens (including phenoxy) is 1. The second kappa shape index (κ2) is 4.01. The predicted octanol–water partition coefficient (Wildman–Crippen LogP) is 1.31. The first-order chi connectivity index (χ1) is 6.83. The van der Waals surface area contributed by atoms with Gasteiger partial charge >= 0.3 is 10.1 Å². The second-order valence-corrected chi connectivity index (χ2v) is 4.28. The zero-order valence-electron chi connectivity index (χ0n) is 7.95. The Labute approximate surface area is 85.6 Å². The zero-order valence-corrected chi connectivity index (χ0v) is 8.77. The van der Waals surface area contributed by atoms with Gasteiger partial charge in [-0.3, -0.25) is 0 Å². The van der Waals surface area contributed by atoms with Crippen LogP contribution in [0.4, 0.5) is 8.78 Å². The molecule has 0 saturated carbocycles. The van der Waals surface area contributed by atoms with Crippen molar-refractivity contribution in [3.63, 3.8) is 0 Å². The molecule has 4 nitrogen and oxygen atoms in total. The molecule has 0 fully saturated rings. The number of rotatable bonds is 3. The highest BCUT2D eigenvalue weighted by Gasteiger charge is 2.15. The van der Waals surface area contributed by atoms with Gasteiger partial charge in [0.2, 0.25) is 0 Å². The molecule has 0 N–H and O–H groups in total. The first-order valence-electron chi connectivity index (χ1n) is 3.76. The Balaban J connectivity index is 3.17. The number of halogens is 2. The summed E-state index contributed by atoms with van der Waals surface area (Å²) in [5, 5.41) is 0. The van der Waals surface area contributed by atoms with E-state index >= 15 is 0 Å². The van der Waals surface area contributed by atoms with Crippen molar-refractivity contribution in [3.8, 4) is 11.5 Å². The maximum absolute atomic E-state index is 13.1. The fourth-order valence-electron chi connectivity index (χ4n) is 0.894. The van der Waals surface area contributed by atoms with Crippen molar-refractivity contribution < 1.29 is 26.1 Å². The highest BCUT2D eigenvalue weighted by atomic mass is 32.2. The largest absolute Gasteiger partial charge is 0.494 e. The lowest BCUT2D eigenvalue weighted by molar-refractivity contribution is 0.378. The molecule has 0 amide bonds. The highest BCUT2D eigenvalue weighted by molar-refractivity contribution is 7.86. The fourth-order valence-corrected chi connectivity index (χ4v) is 1.35. The van der Waals surface area contributed by atoms with E-state index < -0.39 is 27.5 Å². The summed E-state index contributed by atoms with van der Waals surface area (Å²) in [6.07, 6.45) is 0.731. The average molecular weight is 238 g/mol. The highest BCUT2D eigenvalue weighted by Crippen LogP contribution is 2.26. The molecule has 84 valence electrons. The van der Waals surface area contributed by atoms with Crippen LogP contribution in [0.2, 0.25) is 0 Å². The van der Waals surface area contributed by atoms with Crippen molar-refractivity contribution in [3.05, 3.63) is 23.8 Å². The lowest BCUT2D eigenvalue weighted by atomic mass is 10.3. The summed E-state index contributed by atoms with van der Waals surface area (Å²) in [7, 11) is -2.72. The van der Waals surface area contributed by atoms with E-state index in [4.69, 9.17) is 0 Å². The smallest absolute Gasteiger partial charge is 0.306 e. The van der Waals surface area contributed by atoms with Crippen molar-refractivity contribution in [1.29, 1.82) is 0 Å². The van der Waals surface area contributed by atoms with E-state index in [1.54, 1.807) is 0 Å². The molecule has 1 aromatic carbocycles. The Morgan fingerprint density at radius 1 is 1.13 bits per heavy atom. The SMILES string of the molecule is COc1cc(F)c(OS(C)(=O)=O)cc1F. The third-order valence-corrected chi connectivity index (χ3v) is 1.93. The Morgan fingerprint density at radius 3 is 2.07 bits per heavy atom. The molecular weight excluding hydrogens is 230 g/mol. The molecule has 0 aromatic heterocycles. The molecule has 0 heterocycles. The van der Waals surface area contributed by atoms with E-state index in [0.717, 1.165) is 13.4 Å². The normalized spacial score (nSPS) is 11.2. The first kappa shape index (κ1) is 11.7. The van der Waals surface area contributed by atoms with Crippen molar-refractivity contribution in [2.24, 2.45) is 0 Å². The van der Waals surface area contributed by atoms with E-state index in [1.807, 2.05) is 0 Å². The predicted molar refractivity (Wildman–Crippen MR) is 48.4 cm³/mol. The van der Waals surface area contributed by atoms with Gasteiger partial charge < -0.3 is 8.92 Å². The summed E-state index contributed by atoms with van der Waals surface area (Å²) in [4.78, 5) is 0. The van der Waals surface area contributed by atoms with Crippen LogP contribution >= 0.6 is 0 Å². The molecule has 0 bridgehead atoms. The molecule has 0 aliphatic heterocycles. The minimum atomic E-state index is -3.88. The summed E-state index contributed by atoms with van der Waals surface area (Å²) in [6.45, 7) is 0. The van der Waals surface area contributed by atoms with Crippen molar-refractivity contribution in [1.82, 2.24) is 0 Å². The average Bonchev–Trinajstić information content (AvgIpc) is 2.08. The minimum absolute atomic E-state index is 0.326. The third-order valence-electron chi connectivity index (χ3n) is 1.45. The van der Waals surface area contributed by atoms with Gasteiger partial charge in [0, 0.05) is 12.1 Å². The number of methoxy groups -OCH3 is 1. The first-order valence-corrected chi connectivity index (χ1v) is 5.57. The molecule has 0 unspecified atom stereocenters.